The maximum Gasteiger partial charge on any atom is 0.252 e. The molecule has 1 saturated carbocycles. The highest BCUT2D eigenvalue weighted by Crippen LogP contribution is 2.31. The van der Waals surface area contributed by atoms with Gasteiger partial charge in [-0.25, -0.2) is 0 Å². The van der Waals surface area contributed by atoms with Gasteiger partial charge >= 0.3 is 0 Å². The van der Waals surface area contributed by atoms with Crippen molar-refractivity contribution in [3.8, 4) is 11.5 Å². The molecule has 2 fully saturated rings. The van der Waals surface area contributed by atoms with Gasteiger partial charge < -0.3 is 25.0 Å². The zero-order chi connectivity index (χ0) is 27.4. The number of nitrogens with one attached hydrogen (secondary N) is 2. The van der Waals surface area contributed by atoms with Gasteiger partial charge in [0.1, 0.15) is 17.6 Å². The van der Waals surface area contributed by atoms with Crippen molar-refractivity contribution in [3.05, 3.63) is 83.4 Å². The van der Waals surface area contributed by atoms with Crippen molar-refractivity contribution in [2.24, 2.45) is 5.92 Å². The molecule has 3 aromatic carbocycles. The van der Waals surface area contributed by atoms with E-state index >= 15 is 0 Å². The highest BCUT2D eigenvalue weighted by atomic mass is 16.5. The van der Waals surface area contributed by atoms with E-state index in [1.165, 1.54) is 25.5 Å². The van der Waals surface area contributed by atoms with Gasteiger partial charge in [-0.3, -0.25) is 9.59 Å². The first-order valence-corrected chi connectivity index (χ1v) is 13.8. The SMILES string of the molecule is CC(=O)Nc1cccc(C(=O)N[C@@H](C)c2ccc(O[C@@H]3CCN(c4ccc(OCC5CC5)cc4)C3)cc2)c1C. The van der Waals surface area contributed by atoms with Crippen LogP contribution < -0.4 is 25.0 Å². The summed E-state index contributed by atoms with van der Waals surface area (Å²) < 4.78 is 12.1. The largest absolute Gasteiger partial charge is 0.493 e. The lowest BCUT2D eigenvalue weighted by molar-refractivity contribution is -0.114. The molecule has 1 aliphatic carbocycles. The number of hydrogen-bond acceptors (Lipinski definition) is 5. The minimum Gasteiger partial charge on any atom is -0.493 e. The molecule has 2 N–H and O–H groups in total. The number of amides is 2. The van der Waals surface area contributed by atoms with Crippen molar-refractivity contribution in [1.82, 2.24) is 5.32 Å². The summed E-state index contributed by atoms with van der Waals surface area (Å²) in [6, 6.07) is 21.5. The Morgan fingerprint density at radius 2 is 1.69 bits per heavy atom. The van der Waals surface area contributed by atoms with Gasteiger partial charge in [-0.15, -0.1) is 0 Å². The molecule has 3 aromatic rings. The third-order valence-electron chi connectivity index (χ3n) is 7.45. The van der Waals surface area contributed by atoms with E-state index in [0.29, 0.717) is 11.3 Å². The number of benzene rings is 3. The van der Waals surface area contributed by atoms with Crippen LogP contribution in [0.1, 0.15) is 60.6 Å². The predicted molar refractivity (Wildman–Crippen MR) is 154 cm³/mol. The smallest absolute Gasteiger partial charge is 0.252 e. The lowest BCUT2D eigenvalue weighted by Crippen LogP contribution is -2.27. The number of carbonyl (C=O) groups excluding carboxylic acids is 2. The van der Waals surface area contributed by atoms with Crippen LogP contribution in [0.3, 0.4) is 0 Å². The fourth-order valence-corrected chi connectivity index (χ4v) is 4.90. The van der Waals surface area contributed by atoms with Crippen LogP contribution in [-0.4, -0.2) is 37.6 Å². The molecule has 0 aromatic heterocycles. The van der Waals surface area contributed by atoms with E-state index in [1.54, 1.807) is 18.2 Å². The minimum atomic E-state index is -0.187. The van der Waals surface area contributed by atoms with Crippen LogP contribution in [0.15, 0.2) is 66.7 Å². The van der Waals surface area contributed by atoms with E-state index in [0.717, 1.165) is 54.7 Å². The van der Waals surface area contributed by atoms with Crippen molar-refractivity contribution in [2.75, 3.05) is 29.9 Å². The molecule has 2 atom stereocenters. The topological polar surface area (TPSA) is 79.9 Å². The predicted octanol–water partition coefficient (Wildman–Crippen LogP) is 5.89. The van der Waals surface area contributed by atoms with Crippen LogP contribution in [0.4, 0.5) is 11.4 Å². The maximum absolute atomic E-state index is 13.0. The lowest BCUT2D eigenvalue weighted by Gasteiger charge is -2.20. The standard InChI is InChI=1S/C32H37N3O4/c1-21-30(5-4-6-31(21)34-23(3)36)32(37)33-22(2)25-9-13-28(14-10-25)39-29-17-18-35(19-29)26-11-15-27(16-12-26)38-20-24-7-8-24/h4-6,9-16,22,24,29H,7-8,17-20H2,1-3H3,(H,33,37)(H,34,36)/t22-,29+/m0/s1. The average Bonchev–Trinajstić information content (AvgIpc) is 3.65. The summed E-state index contributed by atoms with van der Waals surface area (Å²) in [4.78, 5) is 26.8. The third-order valence-corrected chi connectivity index (χ3v) is 7.45. The van der Waals surface area contributed by atoms with Gasteiger partial charge in [-0.05, 0) is 92.3 Å². The normalized spacial score (nSPS) is 17.4. The first-order chi connectivity index (χ1) is 18.9. The molecule has 0 spiro atoms. The molecule has 7 heteroatoms. The van der Waals surface area contributed by atoms with E-state index in [2.05, 4.69) is 39.8 Å². The van der Waals surface area contributed by atoms with Gasteiger partial charge in [0.25, 0.3) is 5.91 Å². The molecule has 1 heterocycles. The molecule has 5 rings (SSSR count). The van der Waals surface area contributed by atoms with Gasteiger partial charge in [0.15, 0.2) is 0 Å². The second-order valence-electron chi connectivity index (χ2n) is 10.6. The maximum atomic E-state index is 13.0. The van der Waals surface area contributed by atoms with Crippen LogP contribution in [0, 0.1) is 12.8 Å². The monoisotopic (exact) mass is 527 g/mol. The molecular formula is C32H37N3O4. The summed E-state index contributed by atoms with van der Waals surface area (Å²) in [6.45, 7) is 7.87. The molecule has 204 valence electrons. The van der Waals surface area contributed by atoms with Gasteiger partial charge in [0.05, 0.1) is 19.2 Å². The Bertz CT molecular complexity index is 1300. The van der Waals surface area contributed by atoms with Crippen LogP contribution in [0.5, 0.6) is 11.5 Å². The first-order valence-electron chi connectivity index (χ1n) is 13.8. The summed E-state index contributed by atoms with van der Waals surface area (Å²) in [5.41, 5.74) is 4.11. The van der Waals surface area contributed by atoms with E-state index < -0.39 is 0 Å². The Balaban J connectivity index is 1.12. The molecule has 0 unspecified atom stereocenters. The van der Waals surface area contributed by atoms with Crippen LogP contribution >= 0.6 is 0 Å². The van der Waals surface area contributed by atoms with Crippen molar-refractivity contribution in [1.29, 1.82) is 0 Å². The number of nitrogens with zero attached hydrogens (tertiary/aromatic N) is 1. The Kier molecular flexibility index (Phi) is 8.05. The van der Waals surface area contributed by atoms with Gasteiger partial charge in [0, 0.05) is 36.8 Å². The van der Waals surface area contributed by atoms with Gasteiger partial charge in [-0.1, -0.05) is 18.2 Å². The van der Waals surface area contributed by atoms with Crippen LogP contribution in [-0.2, 0) is 4.79 Å². The Labute approximate surface area is 230 Å². The fourth-order valence-electron chi connectivity index (χ4n) is 4.90. The second-order valence-corrected chi connectivity index (χ2v) is 10.6. The first kappa shape index (κ1) is 26.6. The molecule has 0 radical (unpaired) electrons. The summed E-state index contributed by atoms with van der Waals surface area (Å²) >= 11 is 0. The molecule has 2 aliphatic rings. The highest BCUT2D eigenvalue weighted by Gasteiger charge is 2.25. The summed E-state index contributed by atoms with van der Waals surface area (Å²) in [7, 11) is 0. The van der Waals surface area contributed by atoms with E-state index in [4.69, 9.17) is 9.47 Å². The zero-order valence-electron chi connectivity index (χ0n) is 22.9. The average molecular weight is 528 g/mol. The van der Waals surface area contributed by atoms with Crippen molar-refractivity contribution >= 4 is 23.2 Å². The molecule has 1 saturated heterocycles. The van der Waals surface area contributed by atoms with E-state index in [1.807, 2.05) is 38.1 Å². The summed E-state index contributed by atoms with van der Waals surface area (Å²) in [5, 5.41) is 5.83. The molecule has 0 bridgehead atoms. The Hall–Kier alpha value is -4.00. The molecule has 39 heavy (non-hydrogen) atoms. The lowest BCUT2D eigenvalue weighted by atomic mass is 10.0. The second kappa shape index (κ2) is 11.8. The quantitative estimate of drug-likeness (QED) is 0.344. The van der Waals surface area contributed by atoms with Crippen molar-refractivity contribution in [2.45, 2.75) is 52.2 Å². The molecular weight excluding hydrogens is 490 g/mol. The number of anilines is 2. The molecule has 2 amide bonds. The number of hydrogen-bond donors (Lipinski definition) is 2. The van der Waals surface area contributed by atoms with Crippen LogP contribution in [0.2, 0.25) is 0 Å². The van der Waals surface area contributed by atoms with Gasteiger partial charge in [0.2, 0.25) is 5.91 Å². The van der Waals surface area contributed by atoms with Crippen LogP contribution in [0.25, 0.3) is 0 Å². The Morgan fingerprint density at radius 3 is 2.38 bits per heavy atom. The molecule has 1 aliphatic heterocycles. The number of rotatable bonds is 10. The third kappa shape index (κ3) is 6.91. The molecule has 7 nitrogen and oxygen atoms in total. The summed E-state index contributed by atoms with van der Waals surface area (Å²) in [5.74, 6) is 2.17. The fraction of sp³-hybridized carbons (Fsp3) is 0.375. The Morgan fingerprint density at radius 1 is 0.974 bits per heavy atom. The summed E-state index contributed by atoms with van der Waals surface area (Å²) in [6.07, 6.45) is 3.67. The zero-order valence-corrected chi connectivity index (χ0v) is 22.9. The van der Waals surface area contributed by atoms with E-state index in [9.17, 15) is 9.59 Å². The van der Waals surface area contributed by atoms with Gasteiger partial charge in [-0.2, -0.15) is 0 Å². The number of carbonyl (C=O) groups is 2. The number of ether oxygens (including phenoxy) is 2. The highest BCUT2D eigenvalue weighted by molar-refractivity contribution is 5.99. The van der Waals surface area contributed by atoms with Crippen molar-refractivity contribution in [3.63, 3.8) is 0 Å². The minimum absolute atomic E-state index is 0.123. The van der Waals surface area contributed by atoms with Crippen molar-refractivity contribution < 1.29 is 19.1 Å². The van der Waals surface area contributed by atoms with E-state index in [-0.39, 0.29) is 24.0 Å².